The molecule has 2 heterocycles. The largest absolute Gasteiger partial charge is 0.416 e. The van der Waals surface area contributed by atoms with Crippen molar-refractivity contribution >= 4 is 23.1 Å². The van der Waals surface area contributed by atoms with Crippen LogP contribution in [0.5, 0.6) is 0 Å². The summed E-state index contributed by atoms with van der Waals surface area (Å²) in [5.41, 5.74) is 1.01. The summed E-state index contributed by atoms with van der Waals surface area (Å²) < 4.78 is 39.9. The average Bonchev–Trinajstić information content (AvgIpc) is 2.73. The Morgan fingerprint density at radius 2 is 1.15 bits per heavy atom. The first kappa shape index (κ1) is 53.8. The van der Waals surface area contributed by atoms with Crippen molar-refractivity contribution in [2.75, 3.05) is 57.3 Å². The fraction of sp³-hybridized carbons (Fsp3) is 0.455. The van der Waals surface area contributed by atoms with Crippen molar-refractivity contribution in [3.8, 4) is 0 Å². The number of anilines is 2. The van der Waals surface area contributed by atoms with Gasteiger partial charge in [0.25, 0.3) is 0 Å². The minimum Gasteiger partial charge on any atom is -0.395 e. The molecule has 1 N–H and O–H groups in total. The number of aliphatic hydroxyl groups excluding tert-OH is 1. The van der Waals surface area contributed by atoms with Gasteiger partial charge >= 0.3 is 6.18 Å². The van der Waals surface area contributed by atoms with E-state index in [2.05, 4.69) is 9.80 Å². The van der Waals surface area contributed by atoms with E-state index in [9.17, 15) is 13.2 Å². The molecular formula is C22H36F13N3OS. The van der Waals surface area contributed by atoms with Gasteiger partial charge in [0.15, 0.2) is 0 Å². The molecular weight excluding hydrogens is 601 g/mol. The highest BCUT2D eigenvalue weighted by atomic mass is 32.2. The van der Waals surface area contributed by atoms with E-state index in [0.29, 0.717) is 18.8 Å². The first-order valence-electron chi connectivity index (χ1n) is 10.3. The number of benzene rings is 2. The lowest BCUT2D eigenvalue weighted by atomic mass is 10.1. The molecule has 1 saturated heterocycles. The Morgan fingerprint density at radius 3 is 1.68 bits per heavy atom. The van der Waals surface area contributed by atoms with Crippen LogP contribution in [0.1, 0.15) is 12.0 Å². The second-order valence-electron chi connectivity index (χ2n) is 7.66. The maximum atomic E-state index is 13.3. The van der Waals surface area contributed by atoms with E-state index >= 15 is 0 Å². The molecule has 4 rings (SSSR count). The van der Waals surface area contributed by atoms with Crippen LogP contribution in [0, 0.1) is 0 Å². The predicted molar refractivity (Wildman–Crippen MR) is 139 cm³/mol. The molecule has 18 heteroatoms. The average molecular weight is 638 g/mol. The standard InChI is InChI=1S/C22H26F3N3OS.10FH/c23-22(24,25)17-6-7-21-19(16-17)28(18-4-1-2-5-20(18)30-21)9-3-8-26-10-12-27(13-11-26)14-15-29;;;;;;;;;;/h1-2,4-7,16,29H,3,8-15H2;10*1H. The van der Waals surface area contributed by atoms with Gasteiger partial charge in [0.2, 0.25) is 0 Å². The molecule has 0 saturated carbocycles. The molecule has 0 radical (unpaired) electrons. The zero-order chi connectivity index (χ0) is 21.1. The van der Waals surface area contributed by atoms with Gasteiger partial charge in [-0.15, -0.1) is 0 Å². The summed E-state index contributed by atoms with van der Waals surface area (Å²) in [7, 11) is 0. The Balaban J connectivity index is -0.000000218. The molecule has 0 atom stereocenters. The maximum absolute atomic E-state index is 13.3. The van der Waals surface area contributed by atoms with Gasteiger partial charge in [-0.25, -0.2) is 0 Å². The fourth-order valence-electron chi connectivity index (χ4n) is 4.08. The number of hydrogen-bond donors (Lipinski definition) is 1. The van der Waals surface area contributed by atoms with Crippen LogP contribution in [0.3, 0.4) is 0 Å². The van der Waals surface area contributed by atoms with Gasteiger partial charge in [-0.3, -0.25) is 51.9 Å². The monoisotopic (exact) mass is 637 g/mol. The lowest BCUT2D eigenvalue weighted by Crippen LogP contribution is -2.47. The van der Waals surface area contributed by atoms with Gasteiger partial charge in [-0.05, 0) is 43.3 Å². The van der Waals surface area contributed by atoms with Crippen molar-refractivity contribution in [3.63, 3.8) is 0 Å². The highest BCUT2D eigenvalue weighted by molar-refractivity contribution is 7.99. The maximum Gasteiger partial charge on any atom is 0.416 e. The molecule has 0 bridgehead atoms. The normalized spacial score (nSPS) is 13.2. The summed E-state index contributed by atoms with van der Waals surface area (Å²) in [4.78, 5) is 8.62. The number of nitrogens with zero attached hydrogens (tertiary/aromatic N) is 3. The quantitative estimate of drug-likeness (QED) is 0.403. The molecule has 0 aliphatic carbocycles. The summed E-state index contributed by atoms with van der Waals surface area (Å²) in [6.45, 7) is 6.29. The summed E-state index contributed by atoms with van der Waals surface area (Å²) in [6, 6.07) is 11.9. The van der Waals surface area contributed by atoms with Gasteiger partial charge in [-0.1, -0.05) is 23.9 Å². The summed E-state index contributed by atoms with van der Waals surface area (Å²) in [5, 5.41) is 9.07. The van der Waals surface area contributed by atoms with Crippen LogP contribution >= 0.6 is 11.8 Å². The van der Waals surface area contributed by atoms with Crippen molar-refractivity contribution in [3.05, 3.63) is 48.0 Å². The molecule has 1 fully saturated rings. The Morgan fingerprint density at radius 1 is 0.650 bits per heavy atom. The number of halogens is 13. The lowest BCUT2D eigenvalue weighted by molar-refractivity contribution is -0.137. The molecule has 0 unspecified atom stereocenters. The molecule has 4 nitrogen and oxygen atoms in total. The molecule has 0 spiro atoms. The van der Waals surface area contributed by atoms with Crippen molar-refractivity contribution < 1.29 is 65.3 Å². The number of β-amino-alcohol motifs (C(OH)–C–C–N with tert-alkyl or cyclic N) is 1. The van der Waals surface area contributed by atoms with Gasteiger partial charge in [-0.2, -0.15) is 13.2 Å². The topological polar surface area (TPSA) is 30.0 Å². The molecule has 0 aromatic heterocycles. The van der Waals surface area contributed by atoms with Crippen LogP contribution < -0.4 is 4.90 Å². The molecule has 2 aromatic rings. The first-order valence-corrected chi connectivity index (χ1v) is 11.1. The van der Waals surface area contributed by atoms with Crippen molar-refractivity contribution in [1.82, 2.24) is 9.80 Å². The zero-order valence-corrected chi connectivity index (χ0v) is 21.6. The van der Waals surface area contributed by atoms with E-state index in [1.807, 2.05) is 29.2 Å². The van der Waals surface area contributed by atoms with Crippen LogP contribution in [0.2, 0.25) is 0 Å². The van der Waals surface area contributed by atoms with E-state index in [1.165, 1.54) is 23.9 Å². The highest BCUT2D eigenvalue weighted by Gasteiger charge is 2.33. The molecule has 0 amide bonds. The summed E-state index contributed by atoms with van der Waals surface area (Å²) in [6.07, 6.45) is -3.48. The third kappa shape index (κ3) is 12.4. The smallest absolute Gasteiger partial charge is 0.395 e. The van der Waals surface area contributed by atoms with Crippen LogP contribution in [0.15, 0.2) is 52.3 Å². The summed E-state index contributed by atoms with van der Waals surface area (Å²) >= 11 is 1.53. The first-order chi connectivity index (χ1) is 14.5. The second kappa shape index (κ2) is 23.3. The molecule has 2 aliphatic rings. The zero-order valence-electron chi connectivity index (χ0n) is 20.8. The molecule has 2 aliphatic heterocycles. The fourth-order valence-corrected chi connectivity index (χ4v) is 5.15. The van der Waals surface area contributed by atoms with Gasteiger partial charge in [0, 0.05) is 49.1 Å². The van der Waals surface area contributed by atoms with Gasteiger partial charge < -0.3 is 14.9 Å². The number of hydrogen-bond acceptors (Lipinski definition) is 5. The van der Waals surface area contributed by atoms with Crippen molar-refractivity contribution in [2.24, 2.45) is 0 Å². The second-order valence-corrected chi connectivity index (χ2v) is 8.75. The minimum atomic E-state index is -4.35. The predicted octanol–water partition coefficient (Wildman–Crippen LogP) is 5.83. The SMILES string of the molecule is F.F.F.F.F.F.F.F.F.F.OCCN1CCN(CCCN2c3ccccc3Sc3ccc(C(F)(F)F)cc32)CC1. The Bertz CT molecular complexity index is 891. The van der Waals surface area contributed by atoms with Gasteiger partial charge in [0.05, 0.1) is 23.5 Å². The Labute approximate surface area is 226 Å². The van der Waals surface area contributed by atoms with Crippen molar-refractivity contribution in [2.45, 2.75) is 22.4 Å². The number of para-hydroxylation sites is 1. The number of fused-ring (bicyclic) bond motifs is 2. The molecule has 40 heavy (non-hydrogen) atoms. The Kier molecular flexibility index (Phi) is 31.3. The number of alkyl halides is 3. The minimum absolute atomic E-state index is 0. The van der Waals surface area contributed by atoms with E-state index in [4.69, 9.17) is 5.11 Å². The van der Waals surface area contributed by atoms with E-state index < -0.39 is 11.7 Å². The van der Waals surface area contributed by atoms with Crippen LogP contribution in [0.25, 0.3) is 0 Å². The third-order valence-corrected chi connectivity index (χ3v) is 6.82. The van der Waals surface area contributed by atoms with Crippen LogP contribution in [-0.4, -0.2) is 67.3 Å². The van der Waals surface area contributed by atoms with Crippen molar-refractivity contribution in [1.29, 1.82) is 0 Å². The number of aliphatic hydroxyl groups is 1. The highest BCUT2D eigenvalue weighted by Crippen LogP contribution is 2.49. The van der Waals surface area contributed by atoms with E-state index in [-0.39, 0.29) is 53.7 Å². The lowest BCUT2D eigenvalue weighted by Gasteiger charge is -2.36. The van der Waals surface area contributed by atoms with Crippen LogP contribution in [0.4, 0.5) is 71.6 Å². The molecule has 242 valence electrons. The molecule has 2 aromatic carbocycles. The number of rotatable bonds is 6. The number of piperazine rings is 1. The summed E-state index contributed by atoms with van der Waals surface area (Å²) in [5.74, 6) is 0. The van der Waals surface area contributed by atoms with Crippen LogP contribution in [-0.2, 0) is 6.18 Å². The van der Waals surface area contributed by atoms with E-state index in [1.54, 1.807) is 6.07 Å². The van der Waals surface area contributed by atoms with E-state index in [0.717, 1.165) is 54.6 Å². The third-order valence-electron chi connectivity index (χ3n) is 5.69. The van der Waals surface area contributed by atoms with Gasteiger partial charge in [0.1, 0.15) is 0 Å². The Hall–Kier alpha value is -2.44.